The third-order valence-corrected chi connectivity index (χ3v) is 6.34. The van der Waals surface area contributed by atoms with E-state index in [-0.39, 0.29) is 36.4 Å². The zero-order chi connectivity index (χ0) is 32.6. The summed E-state index contributed by atoms with van der Waals surface area (Å²) >= 11 is 0. The fraction of sp³-hybridized carbons (Fsp3) is 0.250. The van der Waals surface area contributed by atoms with E-state index < -0.39 is 35.7 Å². The van der Waals surface area contributed by atoms with Crippen molar-refractivity contribution in [1.29, 1.82) is 0 Å². The van der Waals surface area contributed by atoms with Crippen LogP contribution in [0.15, 0.2) is 110 Å². The highest BCUT2D eigenvalue weighted by atomic mass is 19.4. The normalized spacial score (nSPS) is 14.0. The topological polar surface area (TPSA) is 39.7 Å². The van der Waals surface area contributed by atoms with E-state index in [1.54, 1.807) is 12.1 Å². The van der Waals surface area contributed by atoms with E-state index in [9.17, 15) is 35.1 Å². The molecular formula is C32H29F8NO3. The smallest absolute Gasteiger partial charge is 0.433 e. The van der Waals surface area contributed by atoms with Crippen LogP contribution in [-0.2, 0) is 12.0 Å². The largest absolute Gasteiger partial charge is 0.573 e. The molecule has 0 aliphatic heterocycles. The van der Waals surface area contributed by atoms with Gasteiger partial charge in [-0.1, -0.05) is 73.9 Å². The number of para-hydroxylation sites is 1. The molecule has 3 aromatic carbocycles. The molecule has 0 saturated carbocycles. The highest BCUT2D eigenvalue weighted by Crippen LogP contribution is 2.42. The summed E-state index contributed by atoms with van der Waals surface area (Å²) < 4.78 is 119. The Labute approximate surface area is 249 Å². The summed E-state index contributed by atoms with van der Waals surface area (Å²) in [4.78, 5) is 0. The van der Waals surface area contributed by atoms with Crippen LogP contribution in [0.25, 0.3) is 0 Å². The minimum absolute atomic E-state index is 0.0393. The lowest BCUT2D eigenvalue weighted by molar-refractivity contribution is -0.275. The van der Waals surface area contributed by atoms with Gasteiger partial charge in [-0.25, -0.2) is 0 Å². The van der Waals surface area contributed by atoms with E-state index in [0.29, 0.717) is 18.1 Å². The van der Waals surface area contributed by atoms with Gasteiger partial charge in [-0.2, -0.15) is 8.78 Å². The van der Waals surface area contributed by atoms with Crippen molar-refractivity contribution in [3.63, 3.8) is 0 Å². The quantitative estimate of drug-likeness (QED) is 0.143. The van der Waals surface area contributed by atoms with Crippen LogP contribution in [0.1, 0.15) is 30.0 Å². The maximum absolute atomic E-state index is 13.8. The van der Waals surface area contributed by atoms with Crippen molar-refractivity contribution >= 4 is 0 Å². The van der Waals surface area contributed by atoms with Crippen LogP contribution in [0.5, 0.6) is 17.2 Å². The molecule has 0 aliphatic carbocycles. The van der Waals surface area contributed by atoms with E-state index in [2.05, 4.69) is 27.9 Å². The van der Waals surface area contributed by atoms with Gasteiger partial charge in [-0.05, 0) is 53.5 Å². The molecule has 0 aliphatic rings. The lowest BCUT2D eigenvalue weighted by Crippen LogP contribution is -2.40. The van der Waals surface area contributed by atoms with E-state index in [1.165, 1.54) is 60.7 Å². The van der Waals surface area contributed by atoms with Crippen molar-refractivity contribution < 1.29 is 49.3 Å². The molecule has 0 heterocycles. The Balaban J connectivity index is 2.19. The Hall–Kier alpha value is -4.32. The first kappa shape index (κ1) is 34.2. The van der Waals surface area contributed by atoms with Crippen LogP contribution in [-0.4, -0.2) is 25.4 Å². The van der Waals surface area contributed by atoms with Crippen LogP contribution in [0.2, 0.25) is 0 Å². The summed E-state index contributed by atoms with van der Waals surface area (Å²) in [5.41, 5.74) is -0.0228. The number of benzene rings is 3. The van der Waals surface area contributed by atoms with Crippen molar-refractivity contribution in [2.24, 2.45) is 0 Å². The summed E-state index contributed by atoms with van der Waals surface area (Å²) in [7, 11) is 0. The molecule has 0 spiro atoms. The average Bonchev–Trinajstić information content (AvgIpc) is 2.90. The second-order valence-corrected chi connectivity index (χ2v) is 9.71. The maximum atomic E-state index is 13.8. The number of ether oxygens (including phenoxy) is 3. The molecule has 0 radical (unpaired) electrons. The van der Waals surface area contributed by atoms with Crippen molar-refractivity contribution in [3.05, 3.63) is 126 Å². The predicted molar refractivity (Wildman–Crippen MR) is 150 cm³/mol. The Morgan fingerprint density at radius 3 is 1.84 bits per heavy atom. The summed E-state index contributed by atoms with van der Waals surface area (Å²) in [6, 6.07) is 16.2. The van der Waals surface area contributed by atoms with Crippen LogP contribution in [0.3, 0.4) is 0 Å². The molecule has 1 unspecified atom stereocenters. The number of allylic oxidation sites excluding steroid dienone is 4. The number of hydrogen-bond donors (Lipinski definition) is 1. The zero-order valence-electron chi connectivity index (χ0n) is 23.4. The number of halogens is 8. The minimum atomic E-state index is -5.00. The molecule has 3 aromatic rings. The average molecular weight is 628 g/mol. The molecule has 12 heteroatoms. The Morgan fingerprint density at radius 1 is 0.750 bits per heavy atom. The van der Waals surface area contributed by atoms with E-state index in [0.717, 1.165) is 18.2 Å². The van der Waals surface area contributed by atoms with Gasteiger partial charge in [0.15, 0.2) is 0 Å². The van der Waals surface area contributed by atoms with Crippen LogP contribution < -0.4 is 19.5 Å². The number of rotatable bonds is 14. The van der Waals surface area contributed by atoms with Gasteiger partial charge in [-0.15, -0.1) is 26.3 Å². The first-order valence-electron chi connectivity index (χ1n) is 13.1. The molecule has 236 valence electrons. The Kier molecular flexibility index (Phi) is 10.9. The van der Waals surface area contributed by atoms with Crippen molar-refractivity contribution in [1.82, 2.24) is 5.32 Å². The summed E-state index contributed by atoms with van der Waals surface area (Å²) in [5, 5.41) is 3.09. The lowest BCUT2D eigenvalue weighted by atomic mass is 9.70. The maximum Gasteiger partial charge on any atom is 0.573 e. The molecular weight excluding hydrogens is 598 g/mol. The van der Waals surface area contributed by atoms with Gasteiger partial charge in [0, 0.05) is 31.0 Å². The first-order chi connectivity index (χ1) is 20.5. The minimum Gasteiger partial charge on any atom is -0.433 e. The monoisotopic (exact) mass is 627 g/mol. The second kappa shape index (κ2) is 14.0. The van der Waals surface area contributed by atoms with Crippen molar-refractivity contribution in [2.45, 2.75) is 44.1 Å². The van der Waals surface area contributed by atoms with Crippen molar-refractivity contribution in [2.75, 3.05) is 6.54 Å². The number of hydrogen-bond acceptors (Lipinski definition) is 4. The van der Waals surface area contributed by atoms with Gasteiger partial charge in [0.05, 0.1) is 0 Å². The second-order valence-electron chi connectivity index (χ2n) is 9.71. The van der Waals surface area contributed by atoms with Gasteiger partial charge in [-0.3, -0.25) is 0 Å². The molecule has 1 atom stereocenters. The Morgan fingerprint density at radius 2 is 1.32 bits per heavy atom. The number of alkyl halides is 8. The predicted octanol–water partition coefficient (Wildman–Crippen LogP) is 9.24. The van der Waals surface area contributed by atoms with Crippen molar-refractivity contribution in [3.8, 4) is 17.2 Å². The zero-order valence-corrected chi connectivity index (χ0v) is 23.4. The molecule has 0 aromatic heterocycles. The summed E-state index contributed by atoms with van der Waals surface area (Å²) in [5.74, 6) is -1.21. The van der Waals surface area contributed by atoms with Gasteiger partial charge >= 0.3 is 18.8 Å². The van der Waals surface area contributed by atoms with E-state index in [4.69, 9.17) is 4.74 Å². The fourth-order valence-electron chi connectivity index (χ4n) is 4.68. The van der Waals surface area contributed by atoms with Gasteiger partial charge < -0.3 is 19.5 Å². The fourth-order valence-corrected chi connectivity index (χ4v) is 4.68. The summed E-state index contributed by atoms with van der Waals surface area (Å²) in [6.45, 7) is 7.75. The highest BCUT2D eigenvalue weighted by molar-refractivity contribution is 5.48. The first-order valence-corrected chi connectivity index (χ1v) is 13.1. The number of nitrogens with one attached hydrogen (secondary N) is 1. The SMILES string of the molecule is C=C/C=C(\C=C)CC(CNCc1ccccc1OC(F)(F)F)(c1cccc(OC(C)(F)F)c1)c1cccc(OC(F)(F)F)c1. The van der Waals surface area contributed by atoms with Crippen LogP contribution >= 0.6 is 0 Å². The Bertz CT molecular complexity index is 1400. The van der Waals surface area contributed by atoms with Crippen LogP contribution in [0.4, 0.5) is 35.1 Å². The molecule has 4 nitrogen and oxygen atoms in total. The van der Waals surface area contributed by atoms with E-state index >= 15 is 0 Å². The highest BCUT2D eigenvalue weighted by Gasteiger charge is 2.38. The standard InChI is InChI=1S/C32H29F8NO3/c1-4-10-22(5-2)19-30(24-12-8-14-26(17-24)42-29(3,33)34,25-13-9-15-27(18-25)43-31(35,36)37)21-41-20-23-11-6-7-16-28(23)44-32(38,39)40/h4-18,41H,1-2,19-21H2,3H3/b22-10+. The third kappa shape index (κ3) is 10.1. The molecule has 0 fully saturated rings. The molecule has 44 heavy (non-hydrogen) atoms. The lowest BCUT2D eigenvalue weighted by Gasteiger charge is -2.37. The van der Waals surface area contributed by atoms with Gasteiger partial charge in [0.25, 0.3) is 0 Å². The van der Waals surface area contributed by atoms with E-state index in [1.807, 2.05) is 0 Å². The molecule has 3 rings (SSSR count). The van der Waals surface area contributed by atoms with Gasteiger partial charge in [0.1, 0.15) is 17.2 Å². The molecule has 0 amide bonds. The molecule has 1 N–H and O–H groups in total. The molecule has 0 bridgehead atoms. The van der Waals surface area contributed by atoms with Gasteiger partial charge in [0.2, 0.25) is 0 Å². The third-order valence-electron chi connectivity index (χ3n) is 6.34. The summed E-state index contributed by atoms with van der Waals surface area (Å²) in [6.07, 6.45) is -8.87. The molecule has 0 saturated heterocycles. The van der Waals surface area contributed by atoms with Crippen LogP contribution in [0, 0.1) is 0 Å².